The standard InChI is InChI=1S/C9H11BrO4/c1-5-3-7(10)14-9(5)6(11)4-8(12)13-2/h3,6,11H,4H2,1-2H3. The van der Waals surface area contributed by atoms with Gasteiger partial charge in [0, 0.05) is 0 Å². The van der Waals surface area contributed by atoms with Crippen molar-refractivity contribution < 1.29 is 19.1 Å². The van der Waals surface area contributed by atoms with Gasteiger partial charge < -0.3 is 14.3 Å². The third-order valence-corrected chi connectivity index (χ3v) is 2.21. The Morgan fingerprint density at radius 1 is 1.79 bits per heavy atom. The van der Waals surface area contributed by atoms with Gasteiger partial charge in [-0.1, -0.05) is 0 Å². The summed E-state index contributed by atoms with van der Waals surface area (Å²) in [5, 5.41) is 9.60. The number of rotatable bonds is 3. The molecule has 0 aliphatic heterocycles. The van der Waals surface area contributed by atoms with Crippen LogP contribution in [-0.4, -0.2) is 18.2 Å². The number of carbonyl (C=O) groups excluding carboxylic acids is 1. The summed E-state index contributed by atoms with van der Waals surface area (Å²) in [5.74, 6) is -0.0771. The molecular formula is C9H11BrO4. The molecule has 0 aliphatic rings. The van der Waals surface area contributed by atoms with Gasteiger partial charge in [0.1, 0.15) is 11.9 Å². The minimum absolute atomic E-state index is 0.0999. The normalized spacial score (nSPS) is 12.6. The molecule has 0 spiro atoms. The third-order valence-electron chi connectivity index (χ3n) is 1.82. The van der Waals surface area contributed by atoms with Gasteiger partial charge in [0.05, 0.1) is 13.5 Å². The van der Waals surface area contributed by atoms with Gasteiger partial charge in [-0.05, 0) is 34.5 Å². The molecule has 0 aromatic carbocycles. The lowest BCUT2D eigenvalue weighted by Gasteiger charge is -2.06. The molecule has 1 heterocycles. The monoisotopic (exact) mass is 262 g/mol. The van der Waals surface area contributed by atoms with E-state index in [-0.39, 0.29) is 6.42 Å². The summed E-state index contributed by atoms with van der Waals surface area (Å²) >= 11 is 3.14. The number of aliphatic hydroxyl groups is 1. The summed E-state index contributed by atoms with van der Waals surface area (Å²) in [4.78, 5) is 10.9. The Morgan fingerprint density at radius 3 is 2.86 bits per heavy atom. The number of aryl methyl sites for hydroxylation is 1. The minimum atomic E-state index is -0.950. The zero-order chi connectivity index (χ0) is 10.7. The first-order valence-corrected chi connectivity index (χ1v) is 4.84. The van der Waals surface area contributed by atoms with Crippen LogP contribution in [0.15, 0.2) is 15.2 Å². The highest BCUT2D eigenvalue weighted by Crippen LogP contribution is 2.27. The van der Waals surface area contributed by atoms with Gasteiger partial charge in [-0.25, -0.2) is 0 Å². The Balaban J connectivity index is 2.73. The van der Waals surface area contributed by atoms with Crippen LogP contribution in [0.4, 0.5) is 0 Å². The van der Waals surface area contributed by atoms with Crippen LogP contribution in [0.1, 0.15) is 23.8 Å². The fraction of sp³-hybridized carbons (Fsp3) is 0.444. The molecule has 1 aromatic heterocycles. The van der Waals surface area contributed by atoms with E-state index in [4.69, 9.17) is 4.42 Å². The number of halogens is 1. The number of methoxy groups -OCH3 is 1. The summed E-state index contributed by atoms with van der Waals surface area (Å²) in [5.41, 5.74) is 0.799. The SMILES string of the molecule is COC(=O)CC(O)c1oc(Br)cc1C. The Morgan fingerprint density at radius 2 is 2.43 bits per heavy atom. The van der Waals surface area contributed by atoms with E-state index < -0.39 is 12.1 Å². The summed E-state index contributed by atoms with van der Waals surface area (Å²) in [6, 6.07) is 1.73. The molecule has 5 heteroatoms. The van der Waals surface area contributed by atoms with Gasteiger partial charge in [-0.2, -0.15) is 0 Å². The molecule has 0 aliphatic carbocycles. The number of aliphatic hydroxyl groups excluding tert-OH is 1. The Hall–Kier alpha value is -0.810. The Labute approximate surface area is 90.0 Å². The van der Waals surface area contributed by atoms with Crippen LogP contribution >= 0.6 is 15.9 Å². The lowest BCUT2D eigenvalue weighted by atomic mass is 10.1. The molecule has 0 saturated heterocycles. The molecule has 1 aromatic rings. The van der Waals surface area contributed by atoms with Crippen LogP contribution in [-0.2, 0) is 9.53 Å². The second-order valence-electron chi connectivity index (χ2n) is 2.89. The minimum Gasteiger partial charge on any atom is -0.469 e. The van der Waals surface area contributed by atoms with Crippen LogP contribution in [0, 0.1) is 6.92 Å². The highest BCUT2D eigenvalue weighted by Gasteiger charge is 2.19. The summed E-state index contributed by atoms with van der Waals surface area (Å²) < 4.78 is 10.2. The van der Waals surface area contributed by atoms with E-state index in [0.29, 0.717) is 10.4 Å². The van der Waals surface area contributed by atoms with Crippen molar-refractivity contribution in [2.24, 2.45) is 0 Å². The van der Waals surface area contributed by atoms with Crippen molar-refractivity contribution in [2.75, 3.05) is 7.11 Å². The second-order valence-corrected chi connectivity index (χ2v) is 3.68. The molecule has 4 nitrogen and oxygen atoms in total. The van der Waals surface area contributed by atoms with Crippen molar-refractivity contribution in [3.8, 4) is 0 Å². The molecule has 1 rings (SSSR count). The van der Waals surface area contributed by atoms with Gasteiger partial charge in [0.2, 0.25) is 0 Å². The van der Waals surface area contributed by atoms with Gasteiger partial charge in [0.25, 0.3) is 0 Å². The van der Waals surface area contributed by atoms with E-state index in [0.717, 1.165) is 5.56 Å². The molecule has 1 N–H and O–H groups in total. The first-order valence-electron chi connectivity index (χ1n) is 4.05. The lowest BCUT2D eigenvalue weighted by Crippen LogP contribution is -2.08. The molecule has 78 valence electrons. The zero-order valence-corrected chi connectivity index (χ0v) is 9.50. The molecule has 0 fully saturated rings. The van der Waals surface area contributed by atoms with Crippen molar-refractivity contribution in [2.45, 2.75) is 19.4 Å². The fourth-order valence-corrected chi connectivity index (χ4v) is 1.64. The van der Waals surface area contributed by atoms with Gasteiger partial charge in [-0.3, -0.25) is 4.79 Å². The predicted octanol–water partition coefficient (Wildman–Crippen LogP) is 1.95. The van der Waals surface area contributed by atoms with E-state index >= 15 is 0 Å². The summed E-state index contributed by atoms with van der Waals surface area (Å²) in [7, 11) is 1.28. The quantitative estimate of drug-likeness (QED) is 0.846. The molecule has 0 amide bonds. The molecule has 1 atom stereocenters. The molecule has 14 heavy (non-hydrogen) atoms. The van der Waals surface area contributed by atoms with Crippen LogP contribution in [0.25, 0.3) is 0 Å². The maximum absolute atomic E-state index is 10.9. The predicted molar refractivity (Wildman–Crippen MR) is 52.7 cm³/mol. The Bertz CT molecular complexity index is 332. The van der Waals surface area contributed by atoms with Gasteiger partial charge >= 0.3 is 5.97 Å². The van der Waals surface area contributed by atoms with Crippen LogP contribution < -0.4 is 0 Å². The Kier molecular flexibility index (Phi) is 3.71. The van der Waals surface area contributed by atoms with Crippen molar-refractivity contribution >= 4 is 21.9 Å². The average molecular weight is 263 g/mol. The number of hydrogen-bond donors (Lipinski definition) is 1. The van der Waals surface area contributed by atoms with Gasteiger partial charge in [0.15, 0.2) is 4.67 Å². The lowest BCUT2D eigenvalue weighted by molar-refractivity contribution is -0.143. The largest absolute Gasteiger partial charge is 0.469 e. The molecule has 0 bridgehead atoms. The fourth-order valence-electron chi connectivity index (χ4n) is 1.12. The number of carbonyl (C=O) groups is 1. The van der Waals surface area contributed by atoms with Gasteiger partial charge in [-0.15, -0.1) is 0 Å². The van der Waals surface area contributed by atoms with Crippen LogP contribution in [0.3, 0.4) is 0 Å². The van der Waals surface area contributed by atoms with Crippen LogP contribution in [0.5, 0.6) is 0 Å². The summed E-state index contributed by atoms with van der Waals surface area (Å²) in [6.07, 6.45) is -1.05. The first-order chi connectivity index (χ1) is 6.54. The topological polar surface area (TPSA) is 59.7 Å². The van der Waals surface area contributed by atoms with E-state index in [9.17, 15) is 9.90 Å². The first kappa shape index (κ1) is 11.3. The maximum atomic E-state index is 10.9. The average Bonchev–Trinajstić information content (AvgIpc) is 2.45. The van der Waals surface area contributed by atoms with Crippen molar-refractivity contribution in [3.05, 3.63) is 22.1 Å². The smallest absolute Gasteiger partial charge is 0.308 e. The van der Waals surface area contributed by atoms with Crippen molar-refractivity contribution in [3.63, 3.8) is 0 Å². The second kappa shape index (κ2) is 4.61. The number of hydrogen-bond acceptors (Lipinski definition) is 4. The molecule has 0 radical (unpaired) electrons. The highest BCUT2D eigenvalue weighted by molar-refractivity contribution is 9.10. The van der Waals surface area contributed by atoms with Crippen LogP contribution in [0.2, 0.25) is 0 Å². The molecule has 0 saturated carbocycles. The van der Waals surface area contributed by atoms with Crippen molar-refractivity contribution in [1.29, 1.82) is 0 Å². The molecule has 1 unspecified atom stereocenters. The summed E-state index contributed by atoms with van der Waals surface area (Å²) in [6.45, 7) is 1.80. The third kappa shape index (κ3) is 2.59. The maximum Gasteiger partial charge on any atom is 0.308 e. The molecular weight excluding hydrogens is 252 g/mol. The van der Waals surface area contributed by atoms with E-state index in [2.05, 4.69) is 20.7 Å². The number of furan rings is 1. The zero-order valence-electron chi connectivity index (χ0n) is 7.91. The number of ether oxygens (including phenoxy) is 1. The van der Waals surface area contributed by atoms with E-state index in [1.165, 1.54) is 7.11 Å². The highest BCUT2D eigenvalue weighted by atomic mass is 79.9. The number of esters is 1. The van der Waals surface area contributed by atoms with E-state index in [1.807, 2.05) is 0 Å². The van der Waals surface area contributed by atoms with E-state index in [1.54, 1.807) is 13.0 Å². The van der Waals surface area contributed by atoms with Crippen molar-refractivity contribution in [1.82, 2.24) is 0 Å².